The van der Waals surface area contributed by atoms with E-state index in [0.29, 0.717) is 13.0 Å². The first-order valence-corrected chi connectivity index (χ1v) is 10.6. The zero-order chi connectivity index (χ0) is 18.9. The van der Waals surface area contributed by atoms with Gasteiger partial charge in [0.05, 0.1) is 0 Å². The predicted octanol–water partition coefficient (Wildman–Crippen LogP) is 1.54. The molecule has 1 aliphatic rings. The number of nitrogens with zero attached hydrogens (tertiary/aromatic N) is 5. The standard InChI is InChI=1S/C17H31N7OS.HI/c1-5-16(25)24-9-7-14(12-24)20-17(18-8-6-10-26-4)19-11-15-22-21-13(2)23(15)3;/h14H,5-12H2,1-4H3,(H2,18,19,20);1H. The molecule has 1 atom stereocenters. The molecule has 0 radical (unpaired) electrons. The van der Waals surface area contributed by atoms with Crippen LogP contribution in [0.15, 0.2) is 4.99 Å². The largest absolute Gasteiger partial charge is 0.356 e. The fourth-order valence-electron chi connectivity index (χ4n) is 2.84. The molecule has 10 heteroatoms. The highest BCUT2D eigenvalue weighted by Crippen LogP contribution is 2.10. The van der Waals surface area contributed by atoms with E-state index in [0.717, 1.165) is 55.8 Å². The normalized spacial score (nSPS) is 17.0. The summed E-state index contributed by atoms with van der Waals surface area (Å²) in [5.41, 5.74) is 0. The van der Waals surface area contributed by atoms with E-state index >= 15 is 0 Å². The number of amides is 1. The number of nitrogens with one attached hydrogen (secondary N) is 2. The van der Waals surface area contributed by atoms with Crippen LogP contribution in [-0.2, 0) is 18.4 Å². The Balaban J connectivity index is 0.00000364. The fourth-order valence-corrected chi connectivity index (χ4v) is 3.27. The van der Waals surface area contributed by atoms with Gasteiger partial charge in [0.25, 0.3) is 0 Å². The molecular weight excluding hydrogens is 477 g/mol. The Morgan fingerprint density at radius 1 is 1.41 bits per heavy atom. The van der Waals surface area contributed by atoms with Crippen molar-refractivity contribution in [3.8, 4) is 0 Å². The molecule has 1 aromatic rings. The van der Waals surface area contributed by atoms with Crippen molar-refractivity contribution in [3.63, 3.8) is 0 Å². The van der Waals surface area contributed by atoms with E-state index in [4.69, 9.17) is 0 Å². The maximum Gasteiger partial charge on any atom is 0.222 e. The molecule has 0 saturated carbocycles. The second kappa shape index (κ2) is 12.4. The van der Waals surface area contributed by atoms with E-state index in [2.05, 4.69) is 32.1 Å². The molecule has 1 unspecified atom stereocenters. The third-order valence-electron chi connectivity index (χ3n) is 4.56. The minimum Gasteiger partial charge on any atom is -0.356 e. The zero-order valence-electron chi connectivity index (χ0n) is 16.7. The van der Waals surface area contributed by atoms with E-state index in [9.17, 15) is 4.79 Å². The van der Waals surface area contributed by atoms with Gasteiger partial charge < -0.3 is 20.1 Å². The third kappa shape index (κ3) is 7.47. The molecule has 0 spiro atoms. The molecule has 2 heterocycles. The summed E-state index contributed by atoms with van der Waals surface area (Å²) in [5, 5.41) is 15.1. The van der Waals surface area contributed by atoms with Crippen LogP contribution in [0.3, 0.4) is 0 Å². The molecule has 1 aliphatic heterocycles. The Kier molecular flexibility index (Phi) is 11.0. The summed E-state index contributed by atoms with van der Waals surface area (Å²) in [6.45, 7) is 6.73. The molecular formula is C17H32IN7OS. The number of thioether (sulfide) groups is 1. The number of rotatable bonds is 8. The molecule has 2 N–H and O–H groups in total. The first-order valence-electron chi connectivity index (χ1n) is 9.21. The Hall–Kier alpha value is -1.04. The van der Waals surface area contributed by atoms with Gasteiger partial charge in [0.2, 0.25) is 5.91 Å². The van der Waals surface area contributed by atoms with Crippen molar-refractivity contribution in [3.05, 3.63) is 11.6 Å². The molecule has 1 fully saturated rings. The molecule has 1 saturated heterocycles. The number of hydrogen-bond donors (Lipinski definition) is 2. The second-order valence-corrected chi connectivity index (χ2v) is 7.47. The summed E-state index contributed by atoms with van der Waals surface area (Å²) in [6, 6.07) is 0.235. The maximum atomic E-state index is 11.9. The highest BCUT2D eigenvalue weighted by molar-refractivity contribution is 14.0. The number of carbonyl (C=O) groups excluding carboxylic acids is 1. The van der Waals surface area contributed by atoms with Crippen molar-refractivity contribution < 1.29 is 4.79 Å². The highest BCUT2D eigenvalue weighted by atomic mass is 127. The molecule has 8 nitrogen and oxygen atoms in total. The van der Waals surface area contributed by atoms with Crippen LogP contribution in [0.25, 0.3) is 0 Å². The van der Waals surface area contributed by atoms with Gasteiger partial charge in [0.1, 0.15) is 12.4 Å². The quantitative estimate of drug-likeness (QED) is 0.239. The Labute approximate surface area is 183 Å². The summed E-state index contributed by atoms with van der Waals surface area (Å²) in [4.78, 5) is 18.5. The minimum absolute atomic E-state index is 0. The van der Waals surface area contributed by atoms with Gasteiger partial charge in [-0.3, -0.25) is 4.79 Å². The van der Waals surface area contributed by atoms with Crippen molar-refractivity contribution >= 4 is 47.6 Å². The van der Waals surface area contributed by atoms with Gasteiger partial charge in [0, 0.05) is 39.1 Å². The number of likely N-dealkylation sites (tertiary alicyclic amines) is 1. The van der Waals surface area contributed by atoms with Crippen molar-refractivity contribution in [1.29, 1.82) is 0 Å². The van der Waals surface area contributed by atoms with Gasteiger partial charge in [-0.1, -0.05) is 6.92 Å². The van der Waals surface area contributed by atoms with Crippen LogP contribution in [0.4, 0.5) is 0 Å². The molecule has 154 valence electrons. The van der Waals surface area contributed by atoms with Crippen LogP contribution < -0.4 is 10.6 Å². The molecule has 27 heavy (non-hydrogen) atoms. The van der Waals surface area contributed by atoms with Crippen molar-refractivity contribution in [2.24, 2.45) is 12.0 Å². The number of aliphatic imine (C=N–C) groups is 1. The first-order chi connectivity index (χ1) is 12.5. The first kappa shape index (κ1) is 24.0. The monoisotopic (exact) mass is 509 g/mol. The van der Waals surface area contributed by atoms with Gasteiger partial charge in [0.15, 0.2) is 11.8 Å². The average molecular weight is 509 g/mol. The second-order valence-electron chi connectivity index (χ2n) is 6.48. The topological polar surface area (TPSA) is 87.4 Å². The Bertz CT molecular complexity index is 622. The lowest BCUT2D eigenvalue weighted by atomic mass is 10.3. The van der Waals surface area contributed by atoms with E-state index in [1.807, 2.05) is 42.1 Å². The maximum absolute atomic E-state index is 11.9. The van der Waals surface area contributed by atoms with Crippen LogP contribution in [-0.4, -0.2) is 69.2 Å². The number of aryl methyl sites for hydroxylation is 1. The molecule has 1 aromatic heterocycles. The van der Waals surface area contributed by atoms with Gasteiger partial charge in [-0.15, -0.1) is 34.2 Å². The number of carbonyl (C=O) groups is 1. The van der Waals surface area contributed by atoms with E-state index in [1.165, 1.54) is 0 Å². The van der Waals surface area contributed by atoms with Crippen LogP contribution in [0, 0.1) is 6.92 Å². The molecule has 0 aromatic carbocycles. The Morgan fingerprint density at radius 2 is 2.19 bits per heavy atom. The zero-order valence-corrected chi connectivity index (χ0v) is 19.8. The van der Waals surface area contributed by atoms with Crippen LogP contribution in [0.5, 0.6) is 0 Å². The van der Waals surface area contributed by atoms with Crippen molar-refractivity contribution in [2.75, 3.05) is 31.6 Å². The van der Waals surface area contributed by atoms with E-state index < -0.39 is 0 Å². The summed E-state index contributed by atoms with van der Waals surface area (Å²) in [7, 11) is 1.95. The smallest absolute Gasteiger partial charge is 0.222 e. The van der Waals surface area contributed by atoms with Gasteiger partial charge in [-0.05, 0) is 31.8 Å². The number of hydrogen-bond acceptors (Lipinski definition) is 5. The summed E-state index contributed by atoms with van der Waals surface area (Å²) < 4.78 is 1.95. The van der Waals surface area contributed by atoms with Crippen molar-refractivity contribution in [2.45, 2.75) is 45.7 Å². The lowest BCUT2D eigenvalue weighted by Gasteiger charge is -2.19. The lowest BCUT2D eigenvalue weighted by Crippen LogP contribution is -2.45. The Morgan fingerprint density at radius 3 is 2.81 bits per heavy atom. The van der Waals surface area contributed by atoms with Crippen LogP contribution in [0.2, 0.25) is 0 Å². The van der Waals surface area contributed by atoms with Crippen molar-refractivity contribution in [1.82, 2.24) is 30.3 Å². The number of aromatic nitrogens is 3. The molecule has 1 amide bonds. The highest BCUT2D eigenvalue weighted by Gasteiger charge is 2.25. The summed E-state index contributed by atoms with van der Waals surface area (Å²) >= 11 is 1.84. The van der Waals surface area contributed by atoms with Crippen LogP contribution in [0.1, 0.15) is 37.8 Å². The summed E-state index contributed by atoms with van der Waals surface area (Å²) in [6.07, 6.45) is 4.70. The predicted molar refractivity (Wildman–Crippen MR) is 122 cm³/mol. The molecule has 0 bridgehead atoms. The number of guanidine groups is 1. The van der Waals surface area contributed by atoms with Gasteiger partial charge in [-0.25, -0.2) is 4.99 Å². The number of halogens is 1. The van der Waals surface area contributed by atoms with Gasteiger partial charge >= 0.3 is 0 Å². The molecule has 0 aliphatic carbocycles. The fraction of sp³-hybridized carbons (Fsp3) is 0.765. The van der Waals surface area contributed by atoms with E-state index in [-0.39, 0.29) is 35.9 Å². The minimum atomic E-state index is 0. The molecule has 2 rings (SSSR count). The van der Waals surface area contributed by atoms with Gasteiger partial charge in [-0.2, -0.15) is 11.8 Å². The van der Waals surface area contributed by atoms with E-state index in [1.54, 1.807) is 0 Å². The lowest BCUT2D eigenvalue weighted by molar-refractivity contribution is -0.129. The SMILES string of the molecule is CCC(=O)N1CCC(NC(=NCc2nnc(C)n2C)NCCCSC)C1.I. The third-order valence-corrected chi connectivity index (χ3v) is 5.26. The summed E-state index contributed by atoms with van der Waals surface area (Å²) in [5.74, 6) is 3.83. The average Bonchev–Trinajstić information content (AvgIpc) is 3.23. The van der Waals surface area contributed by atoms with Crippen LogP contribution >= 0.6 is 35.7 Å².